The summed E-state index contributed by atoms with van der Waals surface area (Å²) in [5.41, 5.74) is 32.6. The number of hydrogen-bond acceptors (Lipinski definition) is 2. The van der Waals surface area contributed by atoms with Crippen molar-refractivity contribution in [1.82, 2.24) is 23.7 Å². The fourth-order valence-corrected chi connectivity index (χ4v) is 16.9. The van der Waals surface area contributed by atoms with Gasteiger partial charge in [-0.05, 0) is 181 Å². The highest BCUT2D eigenvalue weighted by molar-refractivity contribution is 6.15. The maximum atomic E-state index is 5.39. The first kappa shape index (κ1) is 56.9. The van der Waals surface area contributed by atoms with Gasteiger partial charge in [0, 0.05) is 76.9 Å². The summed E-state index contributed by atoms with van der Waals surface area (Å²) < 4.78 is 7.37. The third-order valence-corrected chi connectivity index (χ3v) is 21.9. The Kier molecular flexibility index (Phi) is 12.4. The summed E-state index contributed by atoms with van der Waals surface area (Å²) >= 11 is 0. The predicted octanol–water partition coefficient (Wildman–Crippen LogP) is 24.4. The smallest absolute Gasteiger partial charge is 0.160 e. The summed E-state index contributed by atoms with van der Waals surface area (Å²) in [4.78, 5) is 10.7. The van der Waals surface area contributed by atoms with E-state index in [1.807, 2.05) is 0 Å². The fourth-order valence-electron chi connectivity index (χ4n) is 16.9. The number of fused-ring (bicyclic) bond motifs is 15. The van der Waals surface area contributed by atoms with E-state index in [1.165, 1.54) is 116 Å². The average Bonchev–Trinajstić information content (AvgIpc) is 1.59. The summed E-state index contributed by atoms with van der Waals surface area (Å²) in [6.07, 6.45) is 0. The van der Waals surface area contributed by atoms with E-state index in [4.69, 9.17) is 9.97 Å². The van der Waals surface area contributed by atoms with Crippen LogP contribution in [0.15, 0.2) is 322 Å². The van der Waals surface area contributed by atoms with Crippen molar-refractivity contribution < 1.29 is 0 Å². The maximum Gasteiger partial charge on any atom is 0.160 e. The molecule has 5 nitrogen and oxygen atoms in total. The molecule has 0 aliphatic heterocycles. The lowest BCUT2D eigenvalue weighted by Gasteiger charge is -2.22. The van der Waals surface area contributed by atoms with E-state index in [-0.39, 0.29) is 10.8 Å². The van der Waals surface area contributed by atoms with E-state index in [0.29, 0.717) is 5.82 Å². The lowest BCUT2D eigenvalue weighted by atomic mass is 9.82. The van der Waals surface area contributed by atoms with Gasteiger partial charge in [0.1, 0.15) is 0 Å². The van der Waals surface area contributed by atoms with Gasteiger partial charge in [-0.25, -0.2) is 9.97 Å². The zero-order valence-electron chi connectivity index (χ0n) is 55.3. The maximum absolute atomic E-state index is 5.39. The highest BCUT2D eigenvalue weighted by Gasteiger charge is 2.37. The number of hydrogen-bond donors (Lipinski definition) is 0. The molecule has 4 aromatic heterocycles. The third-order valence-electron chi connectivity index (χ3n) is 21.9. The van der Waals surface area contributed by atoms with E-state index in [2.05, 4.69) is 363 Å². The summed E-state index contributed by atoms with van der Waals surface area (Å²) in [5.74, 6) is 0.662. The van der Waals surface area contributed by atoms with Crippen molar-refractivity contribution in [2.24, 2.45) is 0 Å². The van der Waals surface area contributed by atoms with Crippen LogP contribution in [0.25, 0.3) is 172 Å². The number of aromatic nitrogens is 5. The molecule has 0 atom stereocenters. The van der Waals surface area contributed by atoms with Crippen LogP contribution in [0.2, 0.25) is 0 Å². The Morgan fingerprint density at radius 2 is 0.545 bits per heavy atom. The second kappa shape index (κ2) is 21.5. The number of nitrogens with zero attached hydrogens (tertiary/aromatic N) is 5. The predicted molar refractivity (Wildman–Crippen MR) is 413 cm³/mol. The van der Waals surface area contributed by atoms with Crippen LogP contribution in [-0.4, -0.2) is 23.7 Å². The van der Waals surface area contributed by atoms with Gasteiger partial charge in [-0.3, -0.25) is 0 Å². The fraction of sp³-hybridized carbons (Fsp3) is 0.0638. The largest absolute Gasteiger partial charge is 0.309 e. The molecule has 0 saturated carbocycles. The number of benzene rings is 14. The molecule has 20 rings (SSSR count). The van der Waals surface area contributed by atoms with Crippen molar-refractivity contribution in [2.75, 3.05) is 0 Å². The molecule has 0 unspecified atom stereocenters. The first-order valence-corrected chi connectivity index (χ1v) is 34.4. The zero-order chi connectivity index (χ0) is 65.8. The standard InChI is InChI=1S/C94H65N5/c1-93(2)80-30-15-11-26-70(80)72-44-42-68(55-82(72)93)98-86-32-17-13-28-74(86)76-51-62(38-46-88(76)98)64-40-48-90-78(53-64)79-54-65(63-39-47-89-77(52-63)75-29-14-18-33-87(75)99(89)69-43-45-73-71-27-12-16-31-81(71)94(3,4)83(73)56-69)41-49-91(79)97(90)67-25-19-24-66(50-67)92-95-84(60-22-9-6-10-23-60)57-85(96-92)61-36-34-59(35-37-61)58-20-7-5-8-21-58/h5-57H,1-4H3. The van der Waals surface area contributed by atoms with Crippen LogP contribution in [0, 0.1) is 0 Å². The molecule has 0 N–H and O–H groups in total. The van der Waals surface area contributed by atoms with Crippen LogP contribution in [0.1, 0.15) is 49.9 Å². The first-order valence-electron chi connectivity index (χ1n) is 34.4. The summed E-state index contributed by atoms with van der Waals surface area (Å²) in [6.45, 7) is 9.46. The van der Waals surface area contributed by atoms with Gasteiger partial charge in [-0.15, -0.1) is 0 Å². The summed E-state index contributed by atoms with van der Waals surface area (Å²) in [7, 11) is 0. The molecule has 99 heavy (non-hydrogen) atoms. The van der Waals surface area contributed by atoms with Crippen LogP contribution in [-0.2, 0) is 10.8 Å². The van der Waals surface area contributed by atoms with Crippen molar-refractivity contribution in [3.05, 3.63) is 344 Å². The minimum Gasteiger partial charge on any atom is -0.309 e. The molecule has 466 valence electrons. The Morgan fingerprint density at radius 3 is 1.02 bits per heavy atom. The van der Waals surface area contributed by atoms with Crippen LogP contribution < -0.4 is 0 Å². The highest BCUT2D eigenvalue weighted by Crippen LogP contribution is 2.52. The topological polar surface area (TPSA) is 40.6 Å². The van der Waals surface area contributed by atoms with Crippen molar-refractivity contribution >= 4 is 65.4 Å². The van der Waals surface area contributed by atoms with Crippen molar-refractivity contribution in [2.45, 2.75) is 38.5 Å². The minimum atomic E-state index is -0.117. The summed E-state index contributed by atoms with van der Waals surface area (Å²) in [5, 5.41) is 7.24. The minimum absolute atomic E-state index is 0.117. The molecule has 0 bridgehead atoms. The van der Waals surface area contributed by atoms with Crippen LogP contribution in [0.4, 0.5) is 0 Å². The third kappa shape index (κ3) is 8.73. The Bertz CT molecular complexity index is 6110. The summed E-state index contributed by atoms with van der Waals surface area (Å²) in [6, 6.07) is 119. The van der Waals surface area contributed by atoms with Crippen molar-refractivity contribution in [1.29, 1.82) is 0 Å². The van der Waals surface area contributed by atoms with Gasteiger partial charge in [0.25, 0.3) is 0 Å². The van der Waals surface area contributed by atoms with E-state index < -0.39 is 0 Å². The Labute approximate surface area is 574 Å². The van der Waals surface area contributed by atoms with Gasteiger partial charge in [-0.2, -0.15) is 0 Å². The number of rotatable bonds is 9. The molecule has 0 radical (unpaired) electrons. The Hall–Kier alpha value is -12.4. The molecule has 0 amide bonds. The van der Waals surface area contributed by atoms with E-state index in [0.717, 1.165) is 72.6 Å². The van der Waals surface area contributed by atoms with Crippen molar-refractivity contribution in [3.63, 3.8) is 0 Å². The average molecular weight is 1260 g/mol. The molecular formula is C94H65N5. The normalized spacial score (nSPS) is 13.4. The van der Waals surface area contributed by atoms with Gasteiger partial charge < -0.3 is 13.7 Å². The van der Waals surface area contributed by atoms with E-state index in [1.54, 1.807) is 0 Å². The second-order valence-electron chi connectivity index (χ2n) is 28.1. The second-order valence-corrected chi connectivity index (χ2v) is 28.1. The molecular weight excluding hydrogens is 1200 g/mol. The van der Waals surface area contributed by atoms with E-state index in [9.17, 15) is 0 Å². The molecule has 18 aromatic rings. The Balaban J connectivity index is 0.741. The SMILES string of the molecule is CC1(C)c2ccccc2-c2ccc(-n3c4ccccc4c4cc(-c5ccc6c(c5)c5cc(-c7ccc8c(c7)c7ccccc7n8-c7ccc8c(c7)C(C)(C)c7ccccc7-8)ccc5n6-c5cccc(-c6nc(-c7ccccc7)cc(-c7ccc(-c8ccccc8)cc7)n6)c5)ccc43)cc21. The molecule has 5 heteroatoms. The van der Waals surface area contributed by atoms with Gasteiger partial charge in [-0.1, -0.05) is 246 Å². The van der Waals surface area contributed by atoms with Crippen LogP contribution in [0.5, 0.6) is 0 Å². The molecule has 2 aliphatic carbocycles. The van der Waals surface area contributed by atoms with Crippen LogP contribution in [0.3, 0.4) is 0 Å². The molecule has 2 aliphatic rings. The highest BCUT2D eigenvalue weighted by atomic mass is 15.0. The lowest BCUT2D eigenvalue weighted by Crippen LogP contribution is -2.15. The molecule has 0 fully saturated rings. The molecule has 0 saturated heterocycles. The molecule has 0 spiro atoms. The zero-order valence-corrected chi connectivity index (χ0v) is 55.3. The molecule has 14 aromatic carbocycles. The number of para-hydroxylation sites is 2. The monoisotopic (exact) mass is 1260 g/mol. The molecule has 4 heterocycles. The Morgan fingerprint density at radius 1 is 0.212 bits per heavy atom. The van der Waals surface area contributed by atoms with E-state index >= 15 is 0 Å². The quantitative estimate of drug-likeness (QED) is 0.144. The first-order chi connectivity index (χ1) is 48.6. The van der Waals surface area contributed by atoms with Gasteiger partial charge in [0.05, 0.1) is 44.5 Å². The van der Waals surface area contributed by atoms with Gasteiger partial charge in [0.2, 0.25) is 0 Å². The van der Waals surface area contributed by atoms with Crippen LogP contribution >= 0.6 is 0 Å². The lowest BCUT2D eigenvalue weighted by molar-refractivity contribution is 0.660. The van der Waals surface area contributed by atoms with Gasteiger partial charge in [0.15, 0.2) is 5.82 Å². The van der Waals surface area contributed by atoms with Gasteiger partial charge >= 0.3 is 0 Å². The van der Waals surface area contributed by atoms with Crippen molar-refractivity contribution in [3.8, 4) is 107 Å².